The van der Waals surface area contributed by atoms with Crippen molar-refractivity contribution in [2.24, 2.45) is 0 Å². The number of aromatic nitrogens is 7. The van der Waals surface area contributed by atoms with E-state index in [0.29, 0.717) is 49.2 Å². The summed E-state index contributed by atoms with van der Waals surface area (Å²) < 4.78 is 16.6. The van der Waals surface area contributed by atoms with E-state index < -0.39 is 12.2 Å². The molecule has 2 unspecified atom stereocenters. The second-order valence-electron chi connectivity index (χ2n) is 16.9. The predicted octanol–water partition coefficient (Wildman–Crippen LogP) is 8.90. The number of hydrogen-bond donors (Lipinski definition) is 4. The maximum atomic E-state index is 14.2. The van der Waals surface area contributed by atoms with Crippen LogP contribution in [0, 0.1) is 0 Å². The van der Waals surface area contributed by atoms with Gasteiger partial charge in [0.25, 0.3) is 11.8 Å². The summed E-state index contributed by atoms with van der Waals surface area (Å²) in [6.45, 7) is 1.79. The fraction of sp³-hybridized carbons (Fsp3) is 0.113. The van der Waals surface area contributed by atoms with Crippen molar-refractivity contribution in [3.05, 3.63) is 188 Å². The molecule has 5 aromatic heterocycles. The van der Waals surface area contributed by atoms with Gasteiger partial charge in [-0.3, -0.25) is 9.59 Å². The minimum absolute atomic E-state index is 0.257. The molecule has 5 aromatic carbocycles. The number of carbonyl (C=O) groups is 2. The van der Waals surface area contributed by atoms with Crippen LogP contribution in [-0.2, 0) is 22.7 Å². The van der Waals surface area contributed by atoms with Crippen molar-refractivity contribution in [1.82, 2.24) is 34.5 Å². The number of nitrogens with one attached hydrogen (secondary N) is 4. The minimum atomic E-state index is -0.851. The van der Waals surface area contributed by atoms with Gasteiger partial charge < -0.3 is 39.9 Å². The first-order chi connectivity index (χ1) is 33.5. The highest BCUT2D eigenvalue weighted by atomic mass is 16.5. The topological polar surface area (TPSA) is 163 Å². The number of H-pyrrole nitrogens is 2. The molecule has 2 atom stereocenters. The molecule has 2 amide bonds. The van der Waals surface area contributed by atoms with E-state index in [2.05, 4.69) is 75.9 Å². The van der Waals surface area contributed by atoms with Crippen molar-refractivity contribution in [3.8, 4) is 34.0 Å². The number of pyridine rings is 1. The molecular formula is C53H43N11O4. The monoisotopic (exact) mass is 897 g/mol. The fourth-order valence-corrected chi connectivity index (χ4v) is 9.18. The highest BCUT2D eigenvalue weighted by Crippen LogP contribution is 2.41. The summed E-state index contributed by atoms with van der Waals surface area (Å²) in [7, 11) is 0. The maximum Gasteiger partial charge on any atom is 0.268 e. The van der Waals surface area contributed by atoms with Crippen LogP contribution in [0.1, 0.15) is 11.1 Å². The van der Waals surface area contributed by atoms with Gasteiger partial charge in [-0.15, -0.1) is 0 Å². The quantitative estimate of drug-likeness (QED) is 0.0993. The third-order valence-electron chi connectivity index (χ3n) is 12.6. The first-order valence-electron chi connectivity index (χ1n) is 22.4. The fourth-order valence-electron chi connectivity index (χ4n) is 9.18. The molecule has 7 heterocycles. The van der Waals surface area contributed by atoms with Crippen molar-refractivity contribution in [2.75, 3.05) is 33.5 Å². The predicted molar refractivity (Wildman–Crippen MR) is 262 cm³/mol. The number of carbonyl (C=O) groups excluding carboxylic acids is 2. The molecule has 2 aliphatic heterocycles. The van der Waals surface area contributed by atoms with Gasteiger partial charge in [-0.2, -0.15) is 10.2 Å². The van der Waals surface area contributed by atoms with Crippen molar-refractivity contribution in [3.63, 3.8) is 0 Å². The highest BCUT2D eigenvalue weighted by Gasteiger charge is 2.33. The molecule has 15 heteroatoms. The van der Waals surface area contributed by atoms with Crippen LogP contribution in [0.25, 0.3) is 44.3 Å². The second-order valence-corrected chi connectivity index (χ2v) is 16.9. The van der Waals surface area contributed by atoms with Gasteiger partial charge in [-0.1, -0.05) is 54.6 Å². The Bertz CT molecular complexity index is 3440. The molecule has 15 nitrogen and oxygen atoms in total. The second kappa shape index (κ2) is 17.0. The standard InChI is InChI=1S/C53H43N11O4/c65-52(47-32-61(43-8-1-2-9-45(43)67-47)30-34-10-15-38(16-11-34)63-26-4-22-57-63)59-42-7-3-6-40-41(29-56-50(40)42)37-14-19-44-46(28-37)68-48(53(66)60-51-49-36(20-24-54-49)21-25-55-51)33-62(44)31-35-12-17-39(18-13-35)64-27-5-23-58-64/h1-29,47-48,54,56H,30-33H2,(H,59,65)(H,55,60,66). The molecule has 0 spiro atoms. The highest BCUT2D eigenvalue weighted by molar-refractivity contribution is 6.07. The van der Waals surface area contributed by atoms with Crippen LogP contribution in [0.4, 0.5) is 22.9 Å². The zero-order chi connectivity index (χ0) is 45.6. The summed E-state index contributed by atoms with van der Waals surface area (Å²) in [5, 5.41) is 16.7. The van der Waals surface area contributed by atoms with Gasteiger partial charge in [0.1, 0.15) is 11.5 Å². The van der Waals surface area contributed by atoms with E-state index in [1.165, 1.54) is 0 Å². The Kier molecular flexibility index (Phi) is 10.1. The number of aromatic amines is 2. The molecule has 10 aromatic rings. The Labute approximate surface area is 389 Å². The number of fused-ring (bicyclic) bond motifs is 4. The number of anilines is 4. The van der Waals surface area contributed by atoms with E-state index in [0.717, 1.165) is 66.8 Å². The molecule has 12 rings (SSSR count). The van der Waals surface area contributed by atoms with E-state index in [-0.39, 0.29) is 11.8 Å². The summed E-state index contributed by atoms with van der Waals surface area (Å²) in [6.07, 6.45) is 11.1. The molecule has 0 radical (unpaired) electrons. The van der Waals surface area contributed by atoms with Crippen molar-refractivity contribution in [2.45, 2.75) is 25.3 Å². The first kappa shape index (κ1) is 40.4. The lowest BCUT2D eigenvalue weighted by molar-refractivity contribution is -0.123. The van der Waals surface area contributed by atoms with Gasteiger partial charge in [-0.05, 0) is 95.6 Å². The van der Waals surface area contributed by atoms with Gasteiger partial charge in [0.05, 0.1) is 52.6 Å². The van der Waals surface area contributed by atoms with Crippen LogP contribution in [0.15, 0.2) is 177 Å². The van der Waals surface area contributed by atoms with Gasteiger partial charge in [-0.25, -0.2) is 14.3 Å². The molecule has 2 aliphatic rings. The van der Waals surface area contributed by atoms with E-state index in [1.807, 2.05) is 137 Å². The number of nitrogens with zero attached hydrogens (tertiary/aromatic N) is 7. The largest absolute Gasteiger partial charge is 0.477 e. The Balaban J connectivity index is 0.803. The number of rotatable bonds is 11. The molecule has 0 bridgehead atoms. The van der Waals surface area contributed by atoms with Crippen molar-refractivity contribution >= 4 is 56.5 Å². The number of ether oxygens (including phenoxy) is 2. The lowest BCUT2D eigenvalue weighted by Gasteiger charge is -2.36. The zero-order valence-corrected chi connectivity index (χ0v) is 36.5. The molecule has 334 valence electrons. The summed E-state index contributed by atoms with van der Waals surface area (Å²) >= 11 is 0. The molecular weight excluding hydrogens is 855 g/mol. The van der Waals surface area contributed by atoms with Gasteiger partial charge in [0, 0.05) is 72.8 Å². The van der Waals surface area contributed by atoms with Crippen LogP contribution in [0.3, 0.4) is 0 Å². The SMILES string of the molecule is O=C(Nc1nccc2cc[nH]c12)C1CN(Cc2ccc(-n3cccn3)cc2)c2ccc(-c3c[nH]c4c(NC(=O)C5CN(Cc6ccc(-n7cccn7)cc6)c6ccccc6O5)cccc34)cc2O1. The summed E-state index contributed by atoms with van der Waals surface area (Å²) in [4.78, 5) is 43.7. The van der Waals surface area contributed by atoms with Crippen molar-refractivity contribution in [1.29, 1.82) is 0 Å². The Morgan fingerprint density at radius 1 is 0.618 bits per heavy atom. The van der Waals surface area contributed by atoms with E-state index in [4.69, 9.17) is 9.47 Å². The normalized spacial score (nSPS) is 15.4. The van der Waals surface area contributed by atoms with E-state index in [9.17, 15) is 9.59 Å². The van der Waals surface area contributed by atoms with E-state index in [1.54, 1.807) is 18.6 Å². The average Bonchev–Trinajstić information content (AvgIpc) is 4.24. The number of para-hydroxylation sites is 3. The van der Waals surface area contributed by atoms with Crippen LogP contribution < -0.4 is 29.9 Å². The van der Waals surface area contributed by atoms with Crippen LogP contribution in [0.2, 0.25) is 0 Å². The Hall–Kier alpha value is -9.11. The smallest absolute Gasteiger partial charge is 0.268 e. The maximum absolute atomic E-state index is 14.2. The number of amides is 2. The Morgan fingerprint density at radius 3 is 1.97 bits per heavy atom. The molecule has 0 saturated carbocycles. The molecule has 0 saturated heterocycles. The van der Waals surface area contributed by atoms with Gasteiger partial charge >= 0.3 is 0 Å². The van der Waals surface area contributed by atoms with Crippen LogP contribution >= 0.6 is 0 Å². The minimum Gasteiger partial charge on any atom is -0.477 e. The molecule has 0 aliphatic carbocycles. The average molecular weight is 898 g/mol. The van der Waals surface area contributed by atoms with E-state index >= 15 is 0 Å². The third kappa shape index (κ3) is 7.70. The molecule has 0 fully saturated rings. The number of benzene rings is 5. The lowest BCUT2D eigenvalue weighted by atomic mass is 10.0. The summed E-state index contributed by atoms with van der Waals surface area (Å²) in [6, 6.07) is 43.8. The molecule has 4 N–H and O–H groups in total. The summed E-state index contributed by atoms with van der Waals surface area (Å²) in [5.74, 6) is 1.09. The van der Waals surface area contributed by atoms with Gasteiger partial charge in [0.15, 0.2) is 18.0 Å². The molecule has 68 heavy (non-hydrogen) atoms. The number of hydrogen-bond acceptors (Lipinski definition) is 9. The first-order valence-corrected chi connectivity index (χ1v) is 22.4. The lowest BCUT2D eigenvalue weighted by Crippen LogP contribution is -2.46. The zero-order valence-electron chi connectivity index (χ0n) is 36.5. The summed E-state index contributed by atoms with van der Waals surface area (Å²) in [5.41, 5.74) is 9.80. The Morgan fingerprint density at radius 2 is 1.28 bits per heavy atom. The third-order valence-corrected chi connectivity index (χ3v) is 12.6. The van der Waals surface area contributed by atoms with Crippen LogP contribution in [-0.4, -0.2) is 71.6 Å². The van der Waals surface area contributed by atoms with Gasteiger partial charge in [0.2, 0.25) is 0 Å². The van der Waals surface area contributed by atoms with Crippen molar-refractivity contribution < 1.29 is 19.1 Å². The van der Waals surface area contributed by atoms with Crippen LogP contribution in [0.5, 0.6) is 11.5 Å².